The van der Waals surface area contributed by atoms with Crippen molar-refractivity contribution in [2.45, 2.75) is 26.1 Å². The normalized spacial score (nSPS) is 12.4. The highest BCUT2D eigenvalue weighted by Gasteiger charge is 2.23. The average Bonchev–Trinajstić information content (AvgIpc) is 2.63. The first kappa shape index (κ1) is 20.6. The van der Waals surface area contributed by atoms with Gasteiger partial charge in [0, 0.05) is 6.20 Å². The third kappa shape index (κ3) is 6.20. The van der Waals surface area contributed by atoms with E-state index in [9.17, 15) is 4.79 Å². The maximum atomic E-state index is 11.3. The molecule has 0 aliphatic carbocycles. The molecule has 142 valence electrons. The number of nitrogens with zero attached hydrogens (tertiary/aromatic N) is 2. The number of carbonyl (C=O) groups is 1. The van der Waals surface area contributed by atoms with Crippen LogP contribution in [-0.2, 0) is 9.47 Å². The Labute approximate surface area is 166 Å². The molecule has 1 heterocycles. The topological polar surface area (TPSA) is 90.7 Å². The lowest BCUT2D eigenvalue weighted by atomic mass is 10.2. The third-order valence-corrected chi connectivity index (χ3v) is 3.65. The largest absolute Gasteiger partial charge is 0.509 e. The molecule has 0 bridgehead atoms. The number of benzene rings is 1. The fraction of sp³-hybridized carbons (Fsp3) is 0.278. The molecule has 0 saturated carbocycles. The van der Waals surface area contributed by atoms with Gasteiger partial charge in [-0.25, -0.2) is 9.78 Å². The van der Waals surface area contributed by atoms with Crippen LogP contribution in [0.1, 0.15) is 13.8 Å². The summed E-state index contributed by atoms with van der Waals surface area (Å²) in [6, 6.07) is 9.93. The van der Waals surface area contributed by atoms with E-state index >= 15 is 0 Å². The maximum Gasteiger partial charge on any atom is 0.509 e. The van der Waals surface area contributed by atoms with E-state index in [-0.39, 0.29) is 17.5 Å². The van der Waals surface area contributed by atoms with E-state index in [1.165, 1.54) is 12.3 Å². The Morgan fingerprint density at radius 3 is 2.52 bits per heavy atom. The number of hydrogen-bond donors (Lipinski definition) is 0. The van der Waals surface area contributed by atoms with Gasteiger partial charge < -0.3 is 18.9 Å². The Morgan fingerprint density at radius 1 is 1.26 bits per heavy atom. The Balaban J connectivity index is 1.98. The van der Waals surface area contributed by atoms with Gasteiger partial charge in [0.25, 0.3) is 0 Å². The lowest BCUT2D eigenvalue weighted by Crippen LogP contribution is -2.32. The standard InChI is InChI=1S/C18H16Cl2N2O5/c1-3-24-18(23)27-16(9-21)11(2)25-13-4-6-14(7-5-13)26-17-15(20)8-12(19)10-22-17/h4-8,10-11,16H,3H2,1-2H3. The van der Waals surface area contributed by atoms with Crippen LogP contribution >= 0.6 is 23.2 Å². The van der Waals surface area contributed by atoms with Crippen molar-refractivity contribution >= 4 is 29.4 Å². The van der Waals surface area contributed by atoms with Gasteiger partial charge in [-0.1, -0.05) is 23.2 Å². The number of pyridine rings is 1. The van der Waals surface area contributed by atoms with E-state index < -0.39 is 18.4 Å². The molecule has 2 unspecified atom stereocenters. The summed E-state index contributed by atoms with van der Waals surface area (Å²) in [4.78, 5) is 15.4. The zero-order chi connectivity index (χ0) is 19.8. The Morgan fingerprint density at radius 2 is 1.93 bits per heavy atom. The fourth-order valence-electron chi connectivity index (χ4n) is 1.93. The summed E-state index contributed by atoms with van der Waals surface area (Å²) in [6.45, 7) is 3.40. The van der Waals surface area contributed by atoms with Crippen molar-refractivity contribution in [3.05, 3.63) is 46.6 Å². The molecule has 0 aliphatic rings. The molecule has 1 aromatic heterocycles. The highest BCUT2D eigenvalue weighted by atomic mass is 35.5. The number of halogens is 2. The quantitative estimate of drug-likeness (QED) is 0.592. The van der Waals surface area contributed by atoms with Gasteiger partial charge in [0.15, 0.2) is 0 Å². The first-order valence-electron chi connectivity index (χ1n) is 7.91. The summed E-state index contributed by atoms with van der Waals surface area (Å²) in [7, 11) is 0. The van der Waals surface area contributed by atoms with Crippen LogP contribution in [0.4, 0.5) is 4.79 Å². The van der Waals surface area contributed by atoms with Crippen LogP contribution in [0.2, 0.25) is 10.0 Å². The summed E-state index contributed by atoms with van der Waals surface area (Å²) in [5, 5.41) is 9.82. The minimum atomic E-state index is -1.11. The molecule has 0 amide bonds. The molecule has 9 heteroatoms. The van der Waals surface area contributed by atoms with Crippen LogP contribution in [0.15, 0.2) is 36.5 Å². The van der Waals surface area contributed by atoms with Crippen LogP contribution in [-0.4, -0.2) is 30.0 Å². The van der Waals surface area contributed by atoms with Gasteiger partial charge in [-0.3, -0.25) is 0 Å². The van der Waals surface area contributed by atoms with Crippen LogP contribution in [0.25, 0.3) is 0 Å². The second-order valence-electron chi connectivity index (χ2n) is 5.19. The van der Waals surface area contributed by atoms with E-state index in [1.807, 2.05) is 6.07 Å². The van der Waals surface area contributed by atoms with Crippen LogP contribution in [0.3, 0.4) is 0 Å². The SMILES string of the molecule is CCOC(=O)OC(C#N)C(C)Oc1ccc(Oc2ncc(Cl)cc2Cl)cc1. The first-order valence-corrected chi connectivity index (χ1v) is 8.67. The van der Waals surface area contributed by atoms with Gasteiger partial charge in [0.2, 0.25) is 12.0 Å². The lowest BCUT2D eigenvalue weighted by molar-refractivity contribution is 0.00646. The number of rotatable bonds is 7. The van der Waals surface area contributed by atoms with E-state index in [2.05, 4.69) is 9.72 Å². The highest BCUT2D eigenvalue weighted by Crippen LogP contribution is 2.30. The van der Waals surface area contributed by atoms with Crippen molar-refractivity contribution in [3.8, 4) is 23.4 Å². The van der Waals surface area contributed by atoms with Crippen molar-refractivity contribution in [1.82, 2.24) is 4.98 Å². The molecule has 0 aliphatic heterocycles. The van der Waals surface area contributed by atoms with E-state index in [0.29, 0.717) is 16.5 Å². The molecule has 0 N–H and O–H groups in total. The fourth-order valence-corrected chi connectivity index (χ4v) is 2.35. The lowest BCUT2D eigenvalue weighted by Gasteiger charge is -2.19. The van der Waals surface area contributed by atoms with Crippen molar-refractivity contribution in [1.29, 1.82) is 5.26 Å². The number of hydrogen-bond acceptors (Lipinski definition) is 7. The van der Waals surface area contributed by atoms with E-state index in [0.717, 1.165) is 0 Å². The molecular formula is C18H16Cl2N2O5. The molecule has 2 rings (SSSR count). The zero-order valence-corrected chi connectivity index (χ0v) is 16.0. The summed E-state index contributed by atoms with van der Waals surface area (Å²) in [5.74, 6) is 1.15. The molecule has 2 atom stereocenters. The van der Waals surface area contributed by atoms with Gasteiger partial charge in [-0.2, -0.15) is 5.26 Å². The Hall–Kier alpha value is -2.69. The Kier molecular flexibility index (Phi) is 7.53. The van der Waals surface area contributed by atoms with Gasteiger partial charge >= 0.3 is 6.16 Å². The van der Waals surface area contributed by atoms with Gasteiger partial charge in [-0.05, 0) is 44.2 Å². The first-order chi connectivity index (χ1) is 12.9. The van der Waals surface area contributed by atoms with E-state index in [4.69, 9.17) is 42.7 Å². The number of aromatic nitrogens is 1. The third-order valence-electron chi connectivity index (χ3n) is 3.17. The van der Waals surface area contributed by atoms with Gasteiger partial charge in [0.1, 0.15) is 28.7 Å². The minimum absolute atomic E-state index is 0.153. The molecule has 0 saturated heterocycles. The predicted molar refractivity (Wildman–Crippen MR) is 98.4 cm³/mol. The molecule has 0 fully saturated rings. The second-order valence-corrected chi connectivity index (χ2v) is 6.03. The summed E-state index contributed by atoms with van der Waals surface area (Å²) in [5.41, 5.74) is 0. The van der Waals surface area contributed by atoms with Crippen LogP contribution in [0.5, 0.6) is 17.4 Å². The van der Waals surface area contributed by atoms with Crippen molar-refractivity contribution in [2.24, 2.45) is 0 Å². The van der Waals surface area contributed by atoms with Crippen molar-refractivity contribution in [3.63, 3.8) is 0 Å². The number of nitriles is 1. The number of carbonyl (C=O) groups excluding carboxylic acids is 1. The molecule has 0 radical (unpaired) electrons. The monoisotopic (exact) mass is 410 g/mol. The van der Waals surface area contributed by atoms with E-state index in [1.54, 1.807) is 38.1 Å². The van der Waals surface area contributed by atoms with Crippen molar-refractivity contribution in [2.75, 3.05) is 6.61 Å². The highest BCUT2D eigenvalue weighted by molar-refractivity contribution is 6.35. The maximum absolute atomic E-state index is 11.3. The predicted octanol–water partition coefficient (Wildman–Crippen LogP) is 5.01. The smallest absolute Gasteiger partial charge is 0.486 e. The second kappa shape index (κ2) is 9.86. The molecular weight excluding hydrogens is 395 g/mol. The summed E-state index contributed by atoms with van der Waals surface area (Å²) in [6.07, 6.45) is -1.32. The molecule has 1 aromatic carbocycles. The average molecular weight is 411 g/mol. The summed E-state index contributed by atoms with van der Waals surface area (Å²) < 4.78 is 20.7. The Bertz CT molecular complexity index is 823. The van der Waals surface area contributed by atoms with Crippen LogP contribution < -0.4 is 9.47 Å². The molecule has 7 nitrogen and oxygen atoms in total. The van der Waals surface area contributed by atoms with Crippen molar-refractivity contribution < 1.29 is 23.7 Å². The van der Waals surface area contributed by atoms with Crippen LogP contribution in [0, 0.1) is 11.3 Å². The zero-order valence-electron chi connectivity index (χ0n) is 14.5. The summed E-state index contributed by atoms with van der Waals surface area (Å²) >= 11 is 11.8. The molecule has 0 spiro atoms. The van der Waals surface area contributed by atoms with Gasteiger partial charge in [0.05, 0.1) is 11.6 Å². The molecule has 2 aromatic rings. The minimum Gasteiger partial charge on any atom is -0.486 e. The molecule has 27 heavy (non-hydrogen) atoms. The number of ether oxygens (including phenoxy) is 4. The van der Waals surface area contributed by atoms with Gasteiger partial charge in [-0.15, -0.1) is 0 Å².